The Balaban J connectivity index is 1.43. The smallest absolute Gasteiger partial charge is 0.194 e. The zero-order valence-corrected chi connectivity index (χ0v) is 17.6. The van der Waals surface area contributed by atoms with E-state index >= 15 is 0 Å². The van der Waals surface area contributed by atoms with E-state index in [0.29, 0.717) is 13.2 Å². The molecule has 3 heterocycles. The fourth-order valence-corrected chi connectivity index (χ4v) is 4.76. The quantitative estimate of drug-likeness (QED) is 0.447. The molecule has 8 nitrogen and oxygen atoms in total. The van der Waals surface area contributed by atoms with Gasteiger partial charge in [0.1, 0.15) is 12.4 Å². The van der Waals surface area contributed by atoms with Crippen LogP contribution < -0.4 is 5.32 Å². The van der Waals surface area contributed by atoms with Crippen LogP contribution >= 0.6 is 0 Å². The van der Waals surface area contributed by atoms with Gasteiger partial charge in [0.25, 0.3) is 0 Å². The largest absolute Gasteiger partial charge is 0.383 e. The van der Waals surface area contributed by atoms with Crippen molar-refractivity contribution in [2.45, 2.75) is 57.7 Å². The Morgan fingerprint density at radius 1 is 1.21 bits per heavy atom. The molecule has 28 heavy (non-hydrogen) atoms. The van der Waals surface area contributed by atoms with Crippen LogP contribution in [0.5, 0.6) is 0 Å². The number of aryl methyl sites for hydroxylation is 1. The van der Waals surface area contributed by atoms with Crippen LogP contribution in [0.1, 0.15) is 43.8 Å². The van der Waals surface area contributed by atoms with Gasteiger partial charge in [-0.05, 0) is 51.5 Å². The number of aromatic nitrogens is 3. The minimum atomic E-state index is 0.547. The van der Waals surface area contributed by atoms with Crippen molar-refractivity contribution in [2.75, 3.05) is 39.9 Å². The highest BCUT2D eigenvalue weighted by atomic mass is 16.5. The summed E-state index contributed by atoms with van der Waals surface area (Å²) in [6, 6.07) is 1.66. The summed E-state index contributed by atoms with van der Waals surface area (Å²) in [6.45, 7) is 7.45. The molecule has 0 bridgehead atoms. The summed E-state index contributed by atoms with van der Waals surface area (Å²) in [5.74, 6) is 3.56. The van der Waals surface area contributed by atoms with Crippen molar-refractivity contribution >= 4 is 5.96 Å². The maximum Gasteiger partial charge on any atom is 0.194 e. The number of fused-ring (bicyclic) bond motifs is 1. The van der Waals surface area contributed by atoms with Gasteiger partial charge in [-0.2, -0.15) is 0 Å². The highest BCUT2D eigenvalue weighted by molar-refractivity contribution is 5.80. The van der Waals surface area contributed by atoms with E-state index in [1.165, 1.54) is 38.6 Å². The molecule has 1 aromatic heterocycles. The summed E-state index contributed by atoms with van der Waals surface area (Å²) < 4.78 is 7.24. The Labute approximate surface area is 168 Å². The van der Waals surface area contributed by atoms with Gasteiger partial charge in [0.05, 0.1) is 6.61 Å². The number of nitrogens with one attached hydrogen (secondary N) is 1. The number of ether oxygens (including phenoxy) is 1. The van der Waals surface area contributed by atoms with Gasteiger partial charge in [0.15, 0.2) is 11.8 Å². The number of hydrogen-bond donors (Lipinski definition) is 1. The fourth-order valence-electron chi connectivity index (χ4n) is 4.76. The number of rotatable bonds is 6. The van der Waals surface area contributed by atoms with Gasteiger partial charge in [-0.1, -0.05) is 0 Å². The summed E-state index contributed by atoms with van der Waals surface area (Å²) in [6.07, 6.45) is 6.76. The van der Waals surface area contributed by atoms with Gasteiger partial charge in [-0.25, -0.2) is 4.99 Å². The molecule has 0 radical (unpaired) electrons. The van der Waals surface area contributed by atoms with Crippen LogP contribution in [0.3, 0.4) is 0 Å². The van der Waals surface area contributed by atoms with Crippen LogP contribution in [-0.4, -0.2) is 82.5 Å². The van der Waals surface area contributed by atoms with Crippen LogP contribution in [0.15, 0.2) is 4.99 Å². The second kappa shape index (κ2) is 8.78. The first kappa shape index (κ1) is 19.6. The van der Waals surface area contributed by atoms with Crippen LogP contribution in [0.2, 0.25) is 0 Å². The molecule has 0 aromatic carbocycles. The molecule has 2 atom stereocenters. The van der Waals surface area contributed by atoms with E-state index < -0.39 is 0 Å². The molecule has 3 aliphatic rings. The molecule has 2 unspecified atom stereocenters. The summed E-state index contributed by atoms with van der Waals surface area (Å²) in [5.41, 5.74) is 0. The van der Waals surface area contributed by atoms with Crippen molar-refractivity contribution in [2.24, 2.45) is 18.0 Å². The van der Waals surface area contributed by atoms with Crippen molar-refractivity contribution in [3.05, 3.63) is 11.6 Å². The number of guanidine groups is 1. The molecule has 1 aliphatic carbocycles. The zero-order valence-electron chi connectivity index (χ0n) is 17.6. The van der Waals surface area contributed by atoms with Crippen LogP contribution in [0, 0.1) is 12.8 Å². The average molecular weight is 390 g/mol. The van der Waals surface area contributed by atoms with Gasteiger partial charge in [0.2, 0.25) is 0 Å². The van der Waals surface area contributed by atoms with Crippen LogP contribution in [0.4, 0.5) is 0 Å². The monoisotopic (exact) mass is 389 g/mol. The summed E-state index contributed by atoms with van der Waals surface area (Å²) in [4.78, 5) is 10.2. The molecule has 1 N–H and O–H groups in total. The first-order valence-corrected chi connectivity index (χ1v) is 10.8. The number of nitrogens with zero attached hydrogens (tertiary/aromatic N) is 6. The third kappa shape index (κ3) is 4.33. The lowest BCUT2D eigenvalue weighted by Gasteiger charge is -2.48. The molecule has 156 valence electrons. The maximum absolute atomic E-state index is 5.23. The number of piperidine rings is 2. The summed E-state index contributed by atoms with van der Waals surface area (Å²) >= 11 is 0. The van der Waals surface area contributed by atoms with E-state index in [0.717, 1.165) is 55.2 Å². The number of likely N-dealkylation sites (tertiary alicyclic amines) is 2. The molecule has 4 rings (SSSR count). The van der Waals surface area contributed by atoms with Gasteiger partial charge < -0.3 is 19.5 Å². The normalized spacial score (nSPS) is 26.4. The van der Waals surface area contributed by atoms with Gasteiger partial charge >= 0.3 is 0 Å². The molecule has 8 heteroatoms. The van der Waals surface area contributed by atoms with Crippen molar-refractivity contribution in [3.63, 3.8) is 0 Å². The van der Waals surface area contributed by atoms with Crippen LogP contribution in [0.25, 0.3) is 0 Å². The van der Waals surface area contributed by atoms with Gasteiger partial charge in [-0.3, -0.25) is 4.90 Å². The Hall–Kier alpha value is -1.67. The van der Waals surface area contributed by atoms with Crippen molar-refractivity contribution in [1.82, 2.24) is 29.9 Å². The lowest BCUT2D eigenvalue weighted by molar-refractivity contribution is 0.0368. The Kier molecular flexibility index (Phi) is 6.16. The number of methoxy groups -OCH3 is 1. The third-order valence-electron chi connectivity index (χ3n) is 6.57. The molecule has 0 amide bonds. The first-order chi connectivity index (χ1) is 13.7. The standard InChI is InChI=1S/C20H35N7O/c1-15-23-24-19(25(15)2)13-22-20(21-9-12-28-3)26-11-8-18-16(14-26)5-4-10-27(18)17-6-7-17/h16-18H,4-14H2,1-3H3,(H,21,22). The van der Waals surface area contributed by atoms with E-state index in [9.17, 15) is 0 Å². The molecule has 1 aromatic rings. The summed E-state index contributed by atoms with van der Waals surface area (Å²) in [7, 11) is 3.74. The number of hydrogen-bond acceptors (Lipinski definition) is 5. The molecule has 3 fully saturated rings. The van der Waals surface area contributed by atoms with E-state index in [4.69, 9.17) is 9.73 Å². The Morgan fingerprint density at radius 2 is 2.07 bits per heavy atom. The second-order valence-corrected chi connectivity index (χ2v) is 8.46. The molecule has 2 saturated heterocycles. The van der Waals surface area contributed by atoms with Gasteiger partial charge in [-0.15, -0.1) is 10.2 Å². The summed E-state index contributed by atoms with van der Waals surface area (Å²) in [5, 5.41) is 11.9. The molecule has 0 spiro atoms. The molecular formula is C20H35N7O. The zero-order chi connectivity index (χ0) is 19.5. The van der Waals surface area contributed by atoms with Crippen molar-refractivity contribution in [3.8, 4) is 0 Å². The molecular weight excluding hydrogens is 354 g/mol. The van der Waals surface area contributed by atoms with E-state index in [-0.39, 0.29) is 0 Å². The molecule has 1 saturated carbocycles. The average Bonchev–Trinajstić information content (AvgIpc) is 3.51. The van der Waals surface area contributed by atoms with E-state index in [1.807, 2.05) is 18.5 Å². The predicted molar refractivity (Wildman–Crippen MR) is 109 cm³/mol. The van der Waals surface area contributed by atoms with Crippen molar-refractivity contribution in [1.29, 1.82) is 0 Å². The van der Waals surface area contributed by atoms with Crippen LogP contribution in [-0.2, 0) is 18.3 Å². The van der Waals surface area contributed by atoms with E-state index in [2.05, 4.69) is 25.3 Å². The molecule has 2 aliphatic heterocycles. The Bertz CT molecular complexity index is 684. The predicted octanol–water partition coefficient (Wildman–Crippen LogP) is 1.16. The highest BCUT2D eigenvalue weighted by Gasteiger charge is 2.42. The lowest BCUT2D eigenvalue weighted by Crippen LogP contribution is -2.57. The first-order valence-electron chi connectivity index (χ1n) is 10.8. The maximum atomic E-state index is 5.23. The van der Waals surface area contributed by atoms with E-state index in [1.54, 1.807) is 7.11 Å². The highest BCUT2D eigenvalue weighted by Crippen LogP contribution is 2.38. The third-order valence-corrected chi connectivity index (χ3v) is 6.57. The number of aliphatic imine (C=N–C) groups is 1. The SMILES string of the molecule is COCCNC(=NCc1nnc(C)n1C)N1CCC2C(CCCN2C2CC2)C1. The van der Waals surface area contributed by atoms with Gasteiger partial charge in [0, 0.05) is 45.9 Å². The topological polar surface area (TPSA) is 70.8 Å². The lowest BCUT2D eigenvalue weighted by atomic mass is 9.83. The fraction of sp³-hybridized carbons (Fsp3) is 0.850. The second-order valence-electron chi connectivity index (χ2n) is 8.46. The Morgan fingerprint density at radius 3 is 2.79 bits per heavy atom. The minimum Gasteiger partial charge on any atom is -0.383 e. The van der Waals surface area contributed by atoms with Crippen molar-refractivity contribution < 1.29 is 4.74 Å². The minimum absolute atomic E-state index is 0.547.